The Balaban J connectivity index is 1.48. The average Bonchev–Trinajstić information content (AvgIpc) is 3.53. The molecule has 7 nitrogen and oxygen atoms in total. The predicted molar refractivity (Wildman–Crippen MR) is 111 cm³/mol. The maximum absolute atomic E-state index is 13.1. The average molecular weight is 412 g/mol. The summed E-state index contributed by atoms with van der Waals surface area (Å²) in [5.41, 5.74) is 2.59. The van der Waals surface area contributed by atoms with Crippen molar-refractivity contribution in [1.29, 1.82) is 0 Å². The van der Waals surface area contributed by atoms with E-state index in [1.54, 1.807) is 11.8 Å². The summed E-state index contributed by atoms with van der Waals surface area (Å²) in [6, 6.07) is 9.93. The second kappa shape index (κ2) is 9.00. The summed E-state index contributed by atoms with van der Waals surface area (Å²) in [7, 11) is 0. The molecule has 7 heteroatoms. The summed E-state index contributed by atoms with van der Waals surface area (Å²) in [5.74, 6) is 1.12. The number of hydrogen-bond donors (Lipinski definition) is 0. The molecule has 0 unspecified atom stereocenters. The van der Waals surface area contributed by atoms with Gasteiger partial charge in [0.25, 0.3) is 0 Å². The highest BCUT2D eigenvalue weighted by atomic mass is 16.5. The van der Waals surface area contributed by atoms with Gasteiger partial charge in [-0.05, 0) is 38.2 Å². The molecular formula is C23H29N3O4. The lowest BCUT2D eigenvalue weighted by Gasteiger charge is -2.25. The molecular weight excluding hydrogens is 382 g/mol. The largest absolute Gasteiger partial charge is 0.374 e. The Morgan fingerprint density at radius 2 is 1.97 bits per heavy atom. The van der Waals surface area contributed by atoms with Crippen molar-refractivity contribution in [2.24, 2.45) is 5.92 Å². The summed E-state index contributed by atoms with van der Waals surface area (Å²) in [4.78, 5) is 29.5. The van der Waals surface area contributed by atoms with Gasteiger partial charge in [-0.15, -0.1) is 0 Å². The van der Waals surface area contributed by atoms with E-state index in [1.165, 1.54) is 12.8 Å². The molecule has 2 aromatic rings. The van der Waals surface area contributed by atoms with Crippen molar-refractivity contribution in [2.45, 2.75) is 45.8 Å². The van der Waals surface area contributed by atoms with Gasteiger partial charge in [-0.3, -0.25) is 9.59 Å². The number of carbonyl (C=O) groups excluding carboxylic acids is 2. The molecule has 2 fully saturated rings. The van der Waals surface area contributed by atoms with Crippen molar-refractivity contribution in [2.75, 3.05) is 26.2 Å². The van der Waals surface area contributed by atoms with Crippen LogP contribution in [0.1, 0.15) is 35.4 Å². The van der Waals surface area contributed by atoms with E-state index in [0.29, 0.717) is 43.6 Å². The summed E-state index contributed by atoms with van der Waals surface area (Å²) >= 11 is 0. The van der Waals surface area contributed by atoms with E-state index < -0.39 is 0 Å². The first-order chi connectivity index (χ1) is 14.5. The topological polar surface area (TPSA) is 75.9 Å². The molecule has 1 saturated heterocycles. The van der Waals surface area contributed by atoms with Crippen molar-refractivity contribution in [3.8, 4) is 0 Å². The first-order valence-corrected chi connectivity index (χ1v) is 10.6. The molecule has 160 valence electrons. The summed E-state index contributed by atoms with van der Waals surface area (Å²) in [5, 5.41) is 3.93. The maximum Gasteiger partial charge on any atom is 0.242 e. The second-order valence-corrected chi connectivity index (χ2v) is 8.41. The zero-order valence-corrected chi connectivity index (χ0v) is 17.7. The highest BCUT2D eigenvalue weighted by Crippen LogP contribution is 2.29. The molecule has 0 N–H and O–H groups in total. The first kappa shape index (κ1) is 20.6. The zero-order chi connectivity index (χ0) is 21.1. The molecule has 1 aliphatic heterocycles. The van der Waals surface area contributed by atoms with Gasteiger partial charge in [-0.2, -0.15) is 0 Å². The lowest BCUT2D eigenvalue weighted by molar-refractivity contribution is -0.138. The van der Waals surface area contributed by atoms with Crippen LogP contribution in [0.4, 0.5) is 0 Å². The zero-order valence-electron chi connectivity index (χ0n) is 17.7. The minimum atomic E-state index is -0.186. The van der Waals surface area contributed by atoms with Crippen molar-refractivity contribution >= 4 is 11.8 Å². The number of amides is 2. The minimum absolute atomic E-state index is 0.0523. The highest BCUT2D eigenvalue weighted by molar-refractivity contribution is 5.86. The molecule has 4 rings (SSSR count). The number of aromatic nitrogens is 1. The number of ether oxygens (including phenoxy) is 1. The molecule has 0 radical (unpaired) electrons. The normalized spacial score (nSPS) is 19.8. The van der Waals surface area contributed by atoms with E-state index in [-0.39, 0.29) is 30.9 Å². The molecule has 1 aromatic carbocycles. The molecule has 2 amide bonds. The van der Waals surface area contributed by atoms with Gasteiger partial charge in [0.15, 0.2) is 0 Å². The van der Waals surface area contributed by atoms with Crippen molar-refractivity contribution in [3.63, 3.8) is 0 Å². The van der Waals surface area contributed by atoms with Gasteiger partial charge < -0.3 is 19.1 Å². The second-order valence-electron chi connectivity index (χ2n) is 8.41. The third-order valence-electron chi connectivity index (χ3n) is 5.87. The van der Waals surface area contributed by atoms with Crippen molar-refractivity contribution in [1.82, 2.24) is 15.0 Å². The van der Waals surface area contributed by atoms with Gasteiger partial charge in [0, 0.05) is 31.8 Å². The summed E-state index contributed by atoms with van der Waals surface area (Å²) < 4.78 is 11.3. The van der Waals surface area contributed by atoms with Crippen LogP contribution >= 0.6 is 0 Å². The fourth-order valence-electron chi connectivity index (χ4n) is 3.80. The first-order valence-electron chi connectivity index (χ1n) is 10.6. The van der Waals surface area contributed by atoms with Gasteiger partial charge in [0.05, 0.1) is 24.8 Å². The third-order valence-corrected chi connectivity index (χ3v) is 5.87. The minimum Gasteiger partial charge on any atom is -0.374 e. The van der Waals surface area contributed by atoms with Crippen LogP contribution in [0.3, 0.4) is 0 Å². The van der Waals surface area contributed by atoms with E-state index in [9.17, 15) is 9.59 Å². The standard InChI is InChI=1S/C23H29N3O4/c1-16-21(17(2)30-24-16)10-22(27)26-13-20(29-15-19-8-9-19)12-25(23(28)14-26)11-18-6-4-3-5-7-18/h3-7,19-20H,8-15H2,1-2H3/t20-/m1/s1. The smallest absolute Gasteiger partial charge is 0.242 e. The molecule has 1 aliphatic carbocycles. The lowest BCUT2D eigenvalue weighted by atomic mass is 10.1. The van der Waals surface area contributed by atoms with E-state index in [0.717, 1.165) is 11.1 Å². The SMILES string of the molecule is Cc1noc(C)c1CC(=O)N1CC(=O)N(Cc2ccccc2)C[C@@H](OCC2CC2)C1. The predicted octanol–water partition coefficient (Wildman–Crippen LogP) is 2.50. The number of nitrogens with zero attached hydrogens (tertiary/aromatic N) is 3. The Kier molecular flexibility index (Phi) is 6.18. The van der Waals surface area contributed by atoms with Gasteiger partial charge in [0.2, 0.25) is 11.8 Å². The maximum atomic E-state index is 13.1. The quantitative estimate of drug-likeness (QED) is 0.700. The van der Waals surface area contributed by atoms with Gasteiger partial charge >= 0.3 is 0 Å². The van der Waals surface area contributed by atoms with Crippen LogP contribution in [-0.2, 0) is 27.3 Å². The fourth-order valence-corrected chi connectivity index (χ4v) is 3.80. The Labute approximate surface area is 177 Å². The van der Waals surface area contributed by atoms with Gasteiger partial charge in [0.1, 0.15) is 5.76 Å². The number of carbonyl (C=O) groups is 2. The Hall–Kier alpha value is -2.67. The van der Waals surface area contributed by atoms with Gasteiger partial charge in [-0.1, -0.05) is 35.5 Å². The molecule has 0 bridgehead atoms. The number of rotatable bonds is 7. The van der Waals surface area contributed by atoms with E-state index in [4.69, 9.17) is 9.26 Å². The van der Waals surface area contributed by atoms with Crippen LogP contribution in [0.15, 0.2) is 34.9 Å². The van der Waals surface area contributed by atoms with Crippen molar-refractivity contribution in [3.05, 3.63) is 52.9 Å². The van der Waals surface area contributed by atoms with E-state index >= 15 is 0 Å². The van der Waals surface area contributed by atoms with Crippen LogP contribution in [0.5, 0.6) is 0 Å². The monoisotopic (exact) mass is 411 g/mol. The van der Waals surface area contributed by atoms with E-state index in [1.807, 2.05) is 42.2 Å². The number of aryl methyl sites for hydroxylation is 2. The Morgan fingerprint density at radius 1 is 1.20 bits per heavy atom. The van der Waals surface area contributed by atoms with Crippen LogP contribution < -0.4 is 0 Å². The van der Waals surface area contributed by atoms with Crippen molar-refractivity contribution < 1.29 is 18.8 Å². The van der Waals surface area contributed by atoms with Gasteiger partial charge in [-0.25, -0.2) is 0 Å². The fraction of sp³-hybridized carbons (Fsp3) is 0.522. The Bertz CT molecular complexity index is 872. The molecule has 2 aliphatic rings. The summed E-state index contributed by atoms with van der Waals surface area (Å²) in [6.45, 7) is 5.84. The summed E-state index contributed by atoms with van der Waals surface area (Å²) in [6.07, 6.45) is 2.40. The van der Waals surface area contributed by atoms with E-state index in [2.05, 4.69) is 5.16 Å². The highest BCUT2D eigenvalue weighted by Gasteiger charge is 2.33. The third kappa shape index (κ3) is 5.08. The molecule has 1 atom stereocenters. The molecule has 30 heavy (non-hydrogen) atoms. The van der Waals surface area contributed by atoms with Crippen LogP contribution in [0.2, 0.25) is 0 Å². The molecule has 0 spiro atoms. The lowest BCUT2D eigenvalue weighted by Crippen LogP contribution is -2.40. The van der Waals surface area contributed by atoms with Crippen LogP contribution in [0, 0.1) is 19.8 Å². The number of benzene rings is 1. The van der Waals surface area contributed by atoms with Crippen LogP contribution in [-0.4, -0.2) is 59.1 Å². The Morgan fingerprint density at radius 3 is 2.63 bits per heavy atom. The van der Waals surface area contributed by atoms with Crippen LogP contribution in [0.25, 0.3) is 0 Å². The molecule has 1 saturated carbocycles. The molecule has 2 heterocycles. The number of hydrogen-bond acceptors (Lipinski definition) is 5. The molecule has 1 aromatic heterocycles.